The Morgan fingerprint density at radius 2 is 2.48 bits per heavy atom. The minimum absolute atomic E-state index is 0.0737. The van der Waals surface area contributed by atoms with E-state index in [0.717, 1.165) is 17.8 Å². The summed E-state index contributed by atoms with van der Waals surface area (Å²) < 4.78 is 12.6. The molecule has 2 N–H and O–H groups in total. The van der Waals surface area contributed by atoms with Crippen LogP contribution >= 0.6 is 0 Å². The fourth-order valence-electron chi connectivity index (χ4n) is 2.44. The van der Waals surface area contributed by atoms with Crippen LogP contribution in [0.5, 0.6) is 0 Å². The maximum absolute atomic E-state index is 12.0. The van der Waals surface area contributed by atoms with Gasteiger partial charge in [-0.15, -0.1) is 0 Å². The van der Waals surface area contributed by atoms with E-state index in [0.29, 0.717) is 13.2 Å². The third kappa shape index (κ3) is 3.08. The summed E-state index contributed by atoms with van der Waals surface area (Å²) in [5.74, 6) is 0.827. The van der Waals surface area contributed by atoms with Crippen LogP contribution in [0.3, 0.4) is 0 Å². The lowest BCUT2D eigenvalue weighted by atomic mass is 10.1. The summed E-state index contributed by atoms with van der Waals surface area (Å²) in [6.07, 6.45) is 7.35. The van der Waals surface area contributed by atoms with Crippen molar-refractivity contribution in [3.05, 3.63) is 42.4 Å². The van der Waals surface area contributed by atoms with Crippen LogP contribution in [0.1, 0.15) is 23.9 Å². The first kappa shape index (κ1) is 13.7. The van der Waals surface area contributed by atoms with Gasteiger partial charge in [-0.3, -0.25) is 0 Å². The quantitative estimate of drug-likeness (QED) is 0.890. The third-order valence-electron chi connectivity index (χ3n) is 3.55. The fourth-order valence-corrected chi connectivity index (χ4v) is 2.44. The van der Waals surface area contributed by atoms with Gasteiger partial charge >= 0.3 is 6.03 Å². The average Bonchev–Trinajstić information content (AvgIpc) is 3.18. The topological polar surface area (TPSA) is 81.3 Å². The highest BCUT2D eigenvalue weighted by Crippen LogP contribution is 2.27. The molecule has 112 valence electrons. The van der Waals surface area contributed by atoms with Crippen LogP contribution < -0.4 is 10.6 Å². The van der Waals surface area contributed by atoms with Gasteiger partial charge < -0.3 is 24.4 Å². The molecule has 7 nitrogen and oxygen atoms in total. The predicted octanol–water partition coefficient (Wildman–Crippen LogP) is 1.34. The molecule has 1 aliphatic heterocycles. The highest BCUT2D eigenvalue weighted by Gasteiger charge is 2.33. The minimum Gasteiger partial charge on any atom is -0.472 e. The number of hydrogen-bond donors (Lipinski definition) is 2. The number of carbonyl (C=O) groups excluding carboxylic acids is 1. The molecule has 2 aromatic rings. The summed E-state index contributed by atoms with van der Waals surface area (Å²) in [5, 5.41) is 5.75. The number of hydrogen-bond acceptors (Lipinski definition) is 4. The van der Waals surface area contributed by atoms with Gasteiger partial charge in [0.15, 0.2) is 0 Å². The Hall–Kier alpha value is -2.28. The van der Waals surface area contributed by atoms with Crippen molar-refractivity contribution in [2.75, 3.05) is 6.61 Å². The molecule has 2 aromatic heterocycles. The van der Waals surface area contributed by atoms with Crippen molar-refractivity contribution < 1.29 is 13.9 Å². The van der Waals surface area contributed by atoms with Crippen LogP contribution in [-0.2, 0) is 18.3 Å². The minimum atomic E-state index is -0.217. The number of nitrogens with zero attached hydrogens (tertiary/aromatic N) is 2. The van der Waals surface area contributed by atoms with Gasteiger partial charge in [0.2, 0.25) is 0 Å². The summed E-state index contributed by atoms with van der Waals surface area (Å²) in [5.41, 5.74) is 0.925. The molecule has 1 saturated heterocycles. The van der Waals surface area contributed by atoms with Gasteiger partial charge in [-0.2, -0.15) is 0 Å². The molecule has 0 spiro atoms. The molecular weight excluding hydrogens is 272 g/mol. The van der Waals surface area contributed by atoms with Crippen LogP contribution in [0, 0.1) is 0 Å². The predicted molar refractivity (Wildman–Crippen MR) is 74.4 cm³/mol. The number of nitrogens with one attached hydrogen (secondary N) is 2. The second-order valence-corrected chi connectivity index (χ2v) is 5.04. The Kier molecular flexibility index (Phi) is 3.92. The molecule has 0 bridgehead atoms. The molecule has 21 heavy (non-hydrogen) atoms. The maximum atomic E-state index is 12.0. The first-order valence-corrected chi connectivity index (χ1v) is 6.88. The molecule has 0 saturated carbocycles. The van der Waals surface area contributed by atoms with Crippen molar-refractivity contribution in [2.45, 2.75) is 25.1 Å². The first-order chi connectivity index (χ1) is 10.2. The third-order valence-corrected chi connectivity index (χ3v) is 3.55. The van der Waals surface area contributed by atoms with Gasteiger partial charge in [-0.1, -0.05) is 0 Å². The number of carbonyl (C=O) groups is 1. The number of amides is 2. The summed E-state index contributed by atoms with van der Waals surface area (Å²) >= 11 is 0. The molecule has 7 heteroatoms. The van der Waals surface area contributed by atoms with Crippen molar-refractivity contribution in [1.29, 1.82) is 0 Å². The lowest BCUT2D eigenvalue weighted by molar-refractivity contribution is 0.0908. The van der Waals surface area contributed by atoms with Crippen LogP contribution in [0.25, 0.3) is 0 Å². The molecule has 0 aliphatic carbocycles. The molecule has 2 amide bonds. The molecule has 0 aromatic carbocycles. The van der Waals surface area contributed by atoms with Crippen LogP contribution in [0.2, 0.25) is 0 Å². The molecule has 3 rings (SSSR count). The summed E-state index contributed by atoms with van der Waals surface area (Å²) in [6, 6.07) is 1.52. The molecular formula is C14H18N4O3. The van der Waals surface area contributed by atoms with Gasteiger partial charge in [-0.05, 0) is 12.5 Å². The maximum Gasteiger partial charge on any atom is 0.315 e. The summed E-state index contributed by atoms with van der Waals surface area (Å²) in [7, 11) is 1.92. The van der Waals surface area contributed by atoms with E-state index in [1.807, 2.05) is 23.9 Å². The van der Waals surface area contributed by atoms with Crippen LogP contribution in [-0.4, -0.2) is 28.2 Å². The van der Waals surface area contributed by atoms with E-state index in [-0.39, 0.29) is 18.2 Å². The van der Waals surface area contributed by atoms with Crippen molar-refractivity contribution in [3.8, 4) is 0 Å². The lowest BCUT2D eigenvalue weighted by Gasteiger charge is -2.19. The Bertz CT molecular complexity index is 593. The zero-order valence-corrected chi connectivity index (χ0v) is 11.8. The van der Waals surface area contributed by atoms with Gasteiger partial charge in [0.1, 0.15) is 11.9 Å². The molecule has 2 atom stereocenters. The smallest absolute Gasteiger partial charge is 0.315 e. The van der Waals surface area contributed by atoms with Gasteiger partial charge in [0.05, 0.1) is 18.6 Å². The fraction of sp³-hybridized carbons (Fsp3) is 0.429. The Balaban J connectivity index is 1.56. The van der Waals surface area contributed by atoms with Gasteiger partial charge in [0.25, 0.3) is 0 Å². The first-order valence-electron chi connectivity index (χ1n) is 6.88. The van der Waals surface area contributed by atoms with Crippen molar-refractivity contribution in [2.24, 2.45) is 7.05 Å². The highest BCUT2D eigenvalue weighted by molar-refractivity contribution is 5.74. The Morgan fingerprint density at radius 3 is 3.19 bits per heavy atom. The van der Waals surface area contributed by atoms with E-state index in [1.165, 1.54) is 0 Å². The zero-order valence-electron chi connectivity index (χ0n) is 11.8. The van der Waals surface area contributed by atoms with E-state index in [1.54, 1.807) is 18.7 Å². The van der Waals surface area contributed by atoms with Gasteiger partial charge in [-0.25, -0.2) is 9.78 Å². The van der Waals surface area contributed by atoms with Crippen LogP contribution in [0.4, 0.5) is 4.79 Å². The molecule has 1 aliphatic rings. The van der Waals surface area contributed by atoms with E-state index >= 15 is 0 Å². The number of rotatable bonds is 4. The largest absolute Gasteiger partial charge is 0.472 e. The molecule has 1 fully saturated rings. The monoisotopic (exact) mass is 290 g/mol. The SMILES string of the molecule is Cn1ccnc1[C@H]1OCC[C@@H]1NC(=O)NCc1ccoc1. The summed E-state index contributed by atoms with van der Waals surface area (Å²) in [6.45, 7) is 1.05. The number of imidazole rings is 1. The normalized spacial score (nSPS) is 21.4. The van der Waals surface area contributed by atoms with Crippen molar-refractivity contribution >= 4 is 6.03 Å². The number of urea groups is 1. The van der Waals surface area contributed by atoms with Gasteiger partial charge in [0, 0.05) is 38.2 Å². The average molecular weight is 290 g/mol. The zero-order chi connectivity index (χ0) is 14.7. The number of aryl methyl sites for hydroxylation is 1. The second kappa shape index (κ2) is 6.01. The lowest BCUT2D eigenvalue weighted by Crippen LogP contribution is -2.43. The molecule has 3 heterocycles. The van der Waals surface area contributed by atoms with Crippen LogP contribution in [0.15, 0.2) is 35.4 Å². The van der Waals surface area contributed by atoms with E-state index in [4.69, 9.17) is 9.15 Å². The molecule has 0 radical (unpaired) electrons. The van der Waals surface area contributed by atoms with Crippen molar-refractivity contribution in [3.63, 3.8) is 0 Å². The second-order valence-electron chi connectivity index (χ2n) is 5.04. The number of aromatic nitrogens is 2. The van der Waals surface area contributed by atoms with E-state index in [2.05, 4.69) is 15.6 Å². The number of ether oxygens (including phenoxy) is 1. The Morgan fingerprint density at radius 1 is 1.57 bits per heavy atom. The van der Waals surface area contributed by atoms with Crippen molar-refractivity contribution in [1.82, 2.24) is 20.2 Å². The van der Waals surface area contributed by atoms with E-state index in [9.17, 15) is 4.79 Å². The summed E-state index contributed by atoms with van der Waals surface area (Å²) in [4.78, 5) is 16.3. The standard InChI is InChI=1S/C14H18N4O3/c1-18-5-4-15-13(18)12-11(3-7-21-12)17-14(19)16-8-10-2-6-20-9-10/h2,4-6,9,11-12H,3,7-8H2,1H3,(H2,16,17,19)/t11-,12-/m0/s1. The van der Waals surface area contributed by atoms with E-state index < -0.39 is 0 Å². The molecule has 0 unspecified atom stereocenters. The number of furan rings is 1. The Labute approximate surface area is 122 Å². The highest BCUT2D eigenvalue weighted by atomic mass is 16.5.